The Hall–Kier alpha value is -1.02. The van der Waals surface area contributed by atoms with Crippen molar-refractivity contribution in [2.75, 3.05) is 7.11 Å². The lowest BCUT2D eigenvalue weighted by Crippen LogP contribution is -2.44. The van der Waals surface area contributed by atoms with Crippen LogP contribution in [0.5, 0.6) is 5.75 Å². The second-order valence-electron chi connectivity index (χ2n) is 8.06. The molecule has 0 aliphatic heterocycles. The van der Waals surface area contributed by atoms with Crippen LogP contribution in [0.2, 0.25) is 0 Å². The van der Waals surface area contributed by atoms with Crippen LogP contribution in [0.15, 0.2) is 18.2 Å². The molecule has 3 aliphatic rings. The van der Waals surface area contributed by atoms with Gasteiger partial charge in [0.25, 0.3) is 0 Å². The molecule has 0 saturated heterocycles. The van der Waals surface area contributed by atoms with Crippen molar-refractivity contribution in [3.05, 3.63) is 29.3 Å². The number of aliphatic hydroxyl groups excluding tert-OH is 1. The van der Waals surface area contributed by atoms with Crippen molar-refractivity contribution < 1.29 is 9.84 Å². The Bertz CT molecular complexity index is 567. The third-order valence-corrected chi connectivity index (χ3v) is 7.02. The molecule has 0 radical (unpaired) electrons. The molecule has 4 rings (SSSR count). The molecular weight excluding hydrogens is 272 g/mol. The first-order valence-electron chi connectivity index (χ1n) is 8.98. The van der Waals surface area contributed by atoms with Crippen molar-refractivity contribution in [3.63, 3.8) is 0 Å². The van der Waals surface area contributed by atoms with E-state index in [9.17, 15) is 5.11 Å². The molecule has 0 amide bonds. The average molecular weight is 300 g/mol. The number of aliphatic hydroxyl groups is 1. The van der Waals surface area contributed by atoms with Gasteiger partial charge in [0.2, 0.25) is 0 Å². The summed E-state index contributed by atoms with van der Waals surface area (Å²) in [6.07, 6.45) is 8.85. The number of hydrogen-bond donors (Lipinski definition) is 1. The Morgan fingerprint density at radius 1 is 1.14 bits per heavy atom. The summed E-state index contributed by atoms with van der Waals surface area (Å²) < 4.78 is 5.44. The molecule has 2 saturated carbocycles. The van der Waals surface area contributed by atoms with E-state index in [1.807, 2.05) is 6.07 Å². The number of hydrogen-bond acceptors (Lipinski definition) is 2. The minimum atomic E-state index is -0.286. The summed E-state index contributed by atoms with van der Waals surface area (Å²) in [6, 6.07) is 6.28. The van der Waals surface area contributed by atoms with Crippen LogP contribution in [0.3, 0.4) is 0 Å². The lowest BCUT2D eigenvalue weighted by atomic mass is 9.50. The van der Waals surface area contributed by atoms with Gasteiger partial charge in [0, 0.05) is 0 Å². The van der Waals surface area contributed by atoms with E-state index in [-0.39, 0.29) is 6.10 Å². The van der Waals surface area contributed by atoms with Crippen molar-refractivity contribution in [2.24, 2.45) is 17.3 Å². The highest BCUT2D eigenvalue weighted by Crippen LogP contribution is 2.61. The van der Waals surface area contributed by atoms with Crippen LogP contribution in [-0.4, -0.2) is 12.2 Å². The molecule has 1 N–H and O–H groups in total. The Balaban J connectivity index is 1.74. The maximum atomic E-state index is 10.7. The van der Waals surface area contributed by atoms with Crippen LogP contribution >= 0.6 is 0 Å². The highest BCUT2D eigenvalue weighted by atomic mass is 16.5. The summed E-state index contributed by atoms with van der Waals surface area (Å²) in [5.74, 6) is 3.02. The van der Waals surface area contributed by atoms with Gasteiger partial charge >= 0.3 is 0 Å². The molecular formula is C20H28O2. The van der Waals surface area contributed by atoms with Gasteiger partial charge in [0.15, 0.2) is 0 Å². The molecule has 3 aliphatic carbocycles. The first-order chi connectivity index (χ1) is 10.6. The highest BCUT2D eigenvalue weighted by Gasteiger charge is 2.50. The smallest absolute Gasteiger partial charge is 0.119 e. The third-order valence-electron chi connectivity index (χ3n) is 7.02. The SMILES string of the molecule is COc1ccc2c(c1)[C@H]1CC[C@]3(C)CCCC[C@H]3[C@@H]1C[C@@H]2O. The predicted octanol–water partition coefficient (Wildman–Crippen LogP) is 4.82. The minimum Gasteiger partial charge on any atom is -0.497 e. The Kier molecular flexibility index (Phi) is 3.48. The van der Waals surface area contributed by atoms with Gasteiger partial charge in [-0.15, -0.1) is 0 Å². The highest BCUT2D eigenvalue weighted by molar-refractivity contribution is 5.42. The second-order valence-corrected chi connectivity index (χ2v) is 8.06. The van der Waals surface area contributed by atoms with Crippen LogP contribution in [0.1, 0.15) is 75.0 Å². The standard InChI is InChI=1S/C20H28O2/c1-20-9-4-3-5-18(20)17-12-19(21)15-7-6-13(22-2)11-16(15)14(17)8-10-20/h6-7,11,14,17-19,21H,3-5,8-10,12H2,1-2H3/t14-,17-,18+,19+,20+/m1/s1. The molecule has 0 bridgehead atoms. The molecule has 1 aromatic rings. The van der Waals surface area contributed by atoms with Crippen molar-refractivity contribution in [2.45, 2.75) is 63.9 Å². The quantitative estimate of drug-likeness (QED) is 0.805. The Morgan fingerprint density at radius 2 is 2.00 bits per heavy atom. The average Bonchev–Trinajstić information content (AvgIpc) is 2.54. The predicted molar refractivity (Wildman–Crippen MR) is 88.1 cm³/mol. The molecule has 0 unspecified atom stereocenters. The fourth-order valence-corrected chi connectivity index (χ4v) is 5.85. The maximum absolute atomic E-state index is 10.7. The van der Waals surface area contributed by atoms with Crippen LogP contribution in [-0.2, 0) is 0 Å². The summed E-state index contributed by atoms with van der Waals surface area (Å²) in [6.45, 7) is 2.51. The first kappa shape index (κ1) is 14.6. The zero-order valence-corrected chi connectivity index (χ0v) is 13.8. The van der Waals surface area contributed by atoms with Crippen LogP contribution in [0, 0.1) is 17.3 Å². The summed E-state index contributed by atoms with van der Waals surface area (Å²) in [4.78, 5) is 0. The van der Waals surface area contributed by atoms with Gasteiger partial charge in [-0.05, 0) is 78.5 Å². The van der Waals surface area contributed by atoms with Crippen molar-refractivity contribution in [1.29, 1.82) is 0 Å². The number of rotatable bonds is 1. The van der Waals surface area contributed by atoms with E-state index in [2.05, 4.69) is 19.1 Å². The minimum absolute atomic E-state index is 0.286. The fourth-order valence-electron chi connectivity index (χ4n) is 5.85. The van der Waals surface area contributed by atoms with Crippen molar-refractivity contribution in [1.82, 2.24) is 0 Å². The summed E-state index contributed by atoms with van der Waals surface area (Å²) in [5, 5.41) is 10.7. The lowest BCUT2D eigenvalue weighted by Gasteiger charge is -2.55. The molecule has 1 aromatic carbocycles. The Labute approximate surface area is 133 Å². The molecule has 2 fully saturated rings. The first-order valence-corrected chi connectivity index (χ1v) is 8.98. The second kappa shape index (κ2) is 5.26. The van der Waals surface area contributed by atoms with Crippen molar-refractivity contribution >= 4 is 0 Å². The summed E-state index contributed by atoms with van der Waals surface area (Å²) in [5.41, 5.74) is 3.05. The largest absolute Gasteiger partial charge is 0.497 e. The van der Waals surface area contributed by atoms with Gasteiger partial charge in [-0.25, -0.2) is 0 Å². The van der Waals surface area contributed by atoms with Crippen LogP contribution in [0.25, 0.3) is 0 Å². The lowest BCUT2D eigenvalue weighted by molar-refractivity contribution is -0.0277. The van der Waals surface area contributed by atoms with E-state index in [0.717, 1.165) is 23.7 Å². The van der Waals surface area contributed by atoms with Gasteiger partial charge in [-0.3, -0.25) is 0 Å². The number of ether oxygens (including phenoxy) is 1. The molecule has 120 valence electrons. The van der Waals surface area contributed by atoms with Gasteiger partial charge < -0.3 is 9.84 Å². The molecule has 0 aromatic heterocycles. The fraction of sp³-hybridized carbons (Fsp3) is 0.700. The van der Waals surface area contributed by atoms with Gasteiger partial charge in [0.05, 0.1) is 13.2 Å². The van der Waals surface area contributed by atoms with E-state index in [1.165, 1.54) is 44.1 Å². The van der Waals surface area contributed by atoms with Crippen molar-refractivity contribution in [3.8, 4) is 5.75 Å². The Morgan fingerprint density at radius 3 is 2.82 bits per heavy atom. The normalized spacial score (nSPS) is 40.3. The van der Waals surface area contributed by atoms with Crippen LogP contribution in [0.4, 0.5) is 0 Å². The van der Waals surface area contributed by atoms with E-state index in [0.29, 0.717) is 17.3 Å². The molecule has 2 nitrogen and oxygen atoms in total. The number of benzene rings is 1. The van der Waals surface area contributed by atoms with E-state index < -0.39 is 0 Å². The number of methoxy groups -OCH3 is 1. The van der Waals surface area contributed by atoms with Gasteiger partial charge in [-0.1, -0.05) is 25.8 Å². The molecule has 0 spiro atoms. The third kappa shape index (κ3) is 2.11. The zero-order valence-electron chi connectivity index (χ0n) is 13.8. The molecule has 0 heterocycles. The summed E-state index contributed by atoms with van der Waals surface area (Å²) >= 11 is 0. The van der Waals surface area contributed by atoms with Crippen LogP contribution < -0.4 is 4.74 Å². The molecule has 22 heavy (non-hydrogen) atoms. The van der Waals surface area contributed by atoms with Gasteiger partial charge in [0.1, 0.15) is 5.75 Å². The van der Waals surface area contributed by atoms with E-state index in [1.54, 1.807) is 7.11 Å². The zero-order chi connectivity index (χ0) is 15.3. The monoisotopic (exact) mass is 300 g/mol. The molecule has 2 heteroatoms. The number of fused-ring (bicyclic) bond motifs is 5. The topological polar surface area (TPSA) is 29.5 Å². The van der Waals surface area contributed by atoms with E-state index >= 15 is 0 Å². The maximum Gasteiger partial charge on any atom is 0.119 e. The van der Waals surface area contributed by atoms with E-state index in [4.69, 9.17) is 4.74 Å². The molecule has 5 atom stereocenters. The van der Waals surface area contributed by atoms with Gasteiger partial charge in [-0.2, -0.15) is 0 Å². The summed E-state index contributed by atoms with van der Waals surface area (Å²) in [7, 11) is 1.73.